The number of aliphatic carboxylic acids is 1. The predicted molar refractivity (Wildman–Crippen MR) is 85.9 cm³/mol. The molecule has 2 atom stereocenters. The summed E-state index contributed by atoms with van der Waals surface area (Å²) in [5.74, 6) is -1.90. The number of cyclic esters (lactones) is 1. The summed E-state index contributed by atoms with van der Waals surface area (Å²) in [7, 11) is 0. The molecule has 0 aliphatic carbocycles. The molecule has 10 heteroatoms. The van der Waals surface area contributed by atoms with Crippen molar-refractivity contribution in [1.29, 1.82) is 0 Å². The SMILES string of the molecule is O=C(O)CCNC(=O)C1CN(c2ccc(C3CC(=O)ON3)cc2)C(=O)O1. The Morgan fingerprint density at radius 3 is 2.62 bits per heavy atom. The molecule has 10 nitrogen and oxygen atoms in total. The first-order valence-corrected chi connectivity index (χ1v) is 7.97. The minimum Gasteiger partial charge on any atom is -0.481 e. The molecule has 1 aromatic rings. The number of carbonyl (C=O) groups is 4. The zero-order valence-corrected chi connectivity index (χ0v) is 13.6. The van der Waals surface area contributed by atoms with Crippen LogP contribution < -0.4 is 15.7 Å². The zero-order valence-electron chi connectivity index (χ0n) is 13.6. The Balaban J connectivity index is 1.59. The Kier molecular flexibility index (Phi) is 5.03. The number of carbonyl (C=O) groups excluding carboxylic acids is 3. The number of nitrogens with zero attached hydrogens (tertiary/aromatic N) is 1. The van der Waals surface area contributed by atoms with Gasteiger partial charge in [0.05, 0.1) is 25.4 Å². The van der Waals surface area contributed by atoms with Crippen LogP contribution in [-0.4, -0.2) is 48.2 Å². The summed E-state index contributed by atoms with van der Waals surface area (Å²) in [6.07, 6.45) is -1.64. The number of hydrogen-bond donors (Lipinski definition) is 3. The normalized spacial score (nSPS) is 22.1. The monoisotopic (exact) mass is 363 g/mol. The first-order valence-electron chi connectivity index (χ1n) is 7.97. The Morgan fingerprint density at radius 1 is 1.27 bits per heavy atom. The first-order chi connectivity index (χ1) is 12.4. The van der Waals surface area contributed by atoms with Gasteiger partial charge in [0.2, 0.25) is 0 Å². The molecule has 2 amide bonds. The highest BCUT2D eigenvalue weighted by Gasteiger charge is 2.37. The fraction of sp³-hybridized carbons (Fsp3) is 0.375. The van der Waals surface area contributed by atoms with Gasteiger partial charge in [-0.25, -0.2) is 4.79 Å². The number of nitrogens with one attached hydrogen (secondary N) is 2. The molecule has 2 aliphatic rings. The van der Waals surface area contributed by atoms with Crippen molar-refractivity contribution in [2.75, 3.05) is 18.0 Å². The van der Waals surface area contributed by atoms with Gasteiger partial charge in [-0.1, -0.05) is 12.1 Å². The van der Waals surface area contributed by atoms with Gasteiger partial charge in [0, 0.05) is 12.2 Å². The highest BCUT2D eigenvalue weighted by Crippen LogP contribution is 2.26. The number of amides is 2. The Labute approximate surface area is 148 Å². The van der Waals surface area contributed by atoms with Crippen LogP contribution in [0, 0.1) is 0 Å². The number of rotatable bonds is 6. The molecule has 2 aliphatic heterocycles. The van der Waals surface area contributed by atoms with E-state index in [1.54, 1.807) is 24.3 Å². The van der Waals surface area contributed by atoms with E-state index in [-0.39, 0.29) is 37.9 Å². The standard InChI is InChI=1S/C16H17N3O7/c20-13(21)5-6-17-15(23)12-8-19(16(24)25-12)10-3-1-9(2-4-10)11-7-14(22)26-18-11/h1-4,11-12,18H,5-8H2,(H,17,23)(H,20,21). The summed E-state index contributed by atoms with van der Waals surface area (Å²) < 4.78 is 5.04. The minimum absolute atomic E-state index is 0.0281. The Bertz CT molecular complexity index is 734. The molecule has 138 valence electrons. The fourth-order valence-corrected chi connectivity index (χ4v) is 2.68. The number of hydrogen-bond acceptors (Lipinski definition) is 7. The maximum Gasteiger partial charge on any atom is 0.415 e. The van der Waals surface area contributed by atoms with E-state index in [9.17, 15) is 19.2 Å². The van der Waals surface area contributed by atoms with E-state index in [4.69, 9.17) is 14.7 Å². The van der Waals surface area contributed by atoms with Gasteiger partial charge in [-0.05, 0) is 17.7 Å². The van der Waals surface area contributed by atoms with Crippen LogP contribution in [0.4, 0.5) is 10.5 Å². The van der Waals surface area contributed by atoms with Crippen LogP contribution in [0.3, 0.4) is 0 Å². The molecule has 0 saturated carbocycles. The number of ether oxygens (including phenoxy) is 1. The molecule has 2 heterocycles. The lowest BCUT2D eigenvalue weighted by molar-refractivity contribution is -0.143. The van der Waals surface area contributed by atoms with E-state index < -0.39 is 24.1 Å². The lowest BCUT2D eigenvalue weighted by Gasteiger charge is -2.14. The average molecular weight is 363 g/mol. The third-order valence-corrected chi connectivity index (χ3v) is 4.04. The van der Waals surface area contributed by atoms with E-state index in [2.05, 4.69) is 10.8 Å². The van der Waals surface area contributed by atoms with E-state index in [1.807, 2.05) is 0 Å². The van der Waals surface area contributed by atoms with Crippen LogP contribution in [0.5, 0.6) is 0 Å². The van der Waals surface area contributed by atoms with Crippen molar-refractivity contribution in [3.05, 3.63) is 29.8 Å². The Morgan fingerprint density at radius 2 is 2.00 bits per heavy atom. The smallest absolute Gasteiger partial charge is 0.415 e. The van der Waals surface area contributed by atoms with Crippen LogP contribution in [0.2, 0.25) is 0 Å². The third-order valence-electron chi connectivity index (χ3n) is 4.04. The molecule has 0 aromatic heterocycles. The quantitative estimate of drug-likeness (QED) is 0.648. The van der Waals surface area contributed by atoms with Crippen molar-refractivity contribution in [3.63, 3.8) is 0 Å². The largest absolute Gasteiger partial charge is 0.481 e. The summed E-state index contributed by atoms with van der Waals surface area (Å²) >= 11 is 0. The van der Waals surface area contributed by atoms with Crippen molar-refractivity contribution in [2.24, 2.45) is 0 Å². The van der Waals surface area contributed by atoms with Gasteiger partial charge in [0.25, 0.3) is 5.91 Å². The van der Waals surface area contributed by atoms with Gasteiger partial charge in [0.1, 0.15) is 0 Å². The van der Waals surface area contributed by atoms with Gasteiger partial charge >= 0.3 is 18.0 Å². The molecule has 2 fully saturated rings. The maximum absolute atomic E-state index is 12.0. The molecular weight excluding hydrogens is 346 g/mol. The van der Waals surface area contributed by atoms with E-state index in [1.165, 1.54) is 4.90 Å². The number of benzene rings is 1. The number of carboxylic acid groups (broad SMARTS) is 1. The van der Waals surface area contributed by atoms with Crippen molar-refractivity contribution in [2.45, 2.75) is 25.0 Å². The number of hydroxylamine groups is 1. The molecule has 3 rings (SSSR count). The van der Waals surface area contributed by atoms with Gasteiger partial charge in [-0.15, -0.1) is 5.48 Å². The van der Waals surface area contributed by atoms with Gasteiger partial charge in [-0.3, -0.25) is 19.3 Å². The van der Waals surface area contributed by atoms with Crippen LogP contribution in [-0.2, 0) is 24.0 Å². The van der Waals surface area contributed by atoms with Crippen molar-refractivity contribution in [1.82, 2.24) is 10.8 Å². The van der Waals surface area contributed by atoms with Gasteiger partial charge in [0.15, 0.2) is 6.10 Å². The second-order valence-corrected chi connectivity index (χ2v) is 5.86. The van der Waals surface area contributed by atoms with E-state index >= 15 is 0 Å². The molecule has 3 N–H and O–H groups in total. The molecule has 2 saturated heterocycles. The van der Waals surface area contributed by atoms with Crippen molar-refractivity contribution >= 4 is 29.6 Å². The highest BCUT2D eigenvalue weighted by molar-refractivity contribution is 5.95. The first kappa shape index (κ1) is 17.7. The van der Waals surface area contributed by atoms with Crippen LogP contribution in [0.25, 0.3) is 0 Å². The van der Waals surface area contributed by atoms with Crippen molar-refractivity contribution in [3.8, 4) is 0 Å². The number of carboxylic acids is 1. The second kappa shape index (κ2) is 7.40. The molecule has 26 heavy (non-hydrogen) atoms. The molecule has 2 unspecified atom stereocenters. The third kappa shape index (κ3) is 3.91. The lowest BCUT2D eigenvalue weighted by atomic mass is 10.0. The van der Waals surface area contributed by atoms with Crippen LogP contribution in [0.15, 0.2) is 24.3 Å². The maximum atomic E-state index is 12.0. The fourth-order valence-electron chi connectivity index (χ4n) is 2.68. The van der Waals surface area contributed by atoms with Gasteiger partial charge in [-0.2, -0.15) is 0 Å². The molecule has 0 spiro atoms. The molecule has 0 radical (unpaired) electrons. The van der Waals surface area contributed by atoms with E-state index in [0.29, 0.717) is 5.69 Å². The molecule has 1 aromatic carbocycles. The molecular formula is C16H17N3O7. The minimum atomic E-state index is -1.03. The summed E-state index contributed by atoms with van der Waals surface area (Å²) in [5, 5.41) is 11.0. The summed E-state index contributed by atoms with van der Waals surface area (Å²) in [4.78, 5) is 51.6. The van der Waals surface area contributed by atoms with Crippen LogP contribution >= 0.6 is 0 Å². The lowest BCUT2D eigenvalue weighted by Crippen LogP contribution is -2.38. The second-order valence-electron chi connectivity index (χ2n) is 5.86. The summed E-state index contributed by atoms with van der Waals surface area (Å²) in [6.45, 7) is -0.00749. The number of anilines is 1. The zero-order chi connectivity index (χ0) is 18.7. The van der Waals surface area contributed by atoms with E-state index in [0.717, 1.165) is 5.56 Å². The van der Waals surface area contributed by atoms with Crippen molar-refractivity contribution < 1.29 is 33.9 Å². The topological polar surface area (TPSA) is 134 Å². The van der Waals surface area contributed by atoms with Gasteiger partial charge < -0.3 is 20.0 Å². The average Bonchev–Trinajstić information content (AvgIpc) is 3.21. The summed E-state index contributed by atoms with van der Waals surface area (Å²) in [6, 6.07) is 6.64. The predicted octanol–water partition coefficient (Wildman–Crippen LogP) is 0.0953. The van der Waals surface area contributed by atoms with Crippen LogP contribution in [0.1, 0.15) is 24.4 Å². The molecule has 0 bridgehead atoms. The Hall–Kier alpha value is -3.14. The highest BCUT2D eigenvalue weighted by atomic mass is 16.7. The summed E-state index contributed by atoms with van der Waals surface area (Å²) in [5.41, 5.74) is 4.00.